The molecule has 0 radical (unpaired) electrons. The molecule has 34 heavy (non-hydrogen) atoms. The molecule has 0 aromatic heterocycles. The van der Waals surface area contributed by atoms with Crippen LogP contribution in [-0.2, 0) is 25.7 Å². The molecule has 0 N–H and O–H groups in total. The monoisotopic (exact) mass is 481 g/mol. The zero-order valence-corrected chi connectivity index (χ0v) is 20.1. The lowest BCUT2D eigenvalue weighted by Crippen LogP contribution is -2.72. The highest BCUT2D eigenvalue weighted by atomic mass is 19.3. The van der Waals surface area contributed by atoms with E-state index in [1.54, 1.807) is 28.9 Å². The highest BCUT2D eigenvalue weighted by molar-refractivity contribution is 5.93. The average Bonchev–Trinajstić information content (AvgIpc) is 2.81. The molecule has 1 aromatic rings. The number of carbonyl (C=O) groups is 3. The summed E-state index contributed by atoms with van der Waals surface area (Å²) in [6.07, 6.45) is 0.703. The molecule has 8 nitrogen and oxygen atoms in total. The van der Waals surface area contributed by atoms with Gasteiger partial charge in [-0.2, -0.15) is 8.78 Å². The van der Waals surface area contributed by atoms with Crippen LogP contribution in [0.2, 0.25) is 0 Å². The van der Waals surface area contributed by atoms with E-state index >= 15 is 0 Å². The molecule has 10 heteroatoms. The highest BCUT2D eigenvalue weighted by Gasteiger charge is 2.51. The van der Waals surface area contributed by atoms with Crippen LogP contribution in [0.15, 0.2) is 24.3 Å². The first-order chi connectivity index (χ1) is 16.2. The number of halogens is 2. The molecule has 188 valence electrons. The molecule has 4 unspecified atom stereocenters. The smallest absolute Gasteiger partial charge is 0.387 e. The molecule has 2 amide bonds. The van der Waals surface area contributed by atoms with Gasteiger partial charge in [0, 0.05) is 26.1 Å². The predicted molar refractivity (Wildman–Crippen MR) is 120 cm³/mol. The maximum Gasteiger partial charge on any atom is 0.387 e. The lowest BCUT2D eigenvalue weighted by molar-refractivity contribution is -0.178. The molecule has 2 aliphatic rings. The number of amides is 2. The van der Waals surface area contributed by atoms with Crippen molar-refractivity contribution in [2.75, 3.05) is 26.7 Å². The Labute approximate surface area is 198 Å². The van der Waals surface area contributed by atoms with E-state index in [2.05, 4.69) is 23.5 Å². The van der Waals surface area contributed by atoms with Gasteiger partial charge in [-0.1, -0.05) is 32.4 Å². The fraction of sp³-hybridized carbons (Fsp3) is 0.625. The zero-order valence-electron chi connectivity index (χ0n) is 20.1. The molecule has 2 aliphatic heterocycles. The van der Waals surface area contributed by atoms with Crippen LogP contribution in [0.1, 0.15) is 39.2 Å². The van der Waals surface area contributed by atoms with Gasteiger partial charge in [0.15, 0.2) is 0 Å². The topological polar surface area (TPSA) is 79.4 Å². The van der Waals surface area contributed by atoms with Gasteiger partial charge in [-0.3, -0.25) is 19.3 Å². The van der Waals surface area contributed by atoms with E-state index in [4.69, 9.17) is 4.74 Å². The zero-order chi connectivity index (χ0) is 25.0. The summed E-state index contributed by atoms with van der Waals surface area (Å²) in [6.45, 7) is 4.65. The molecule has 2 heterocycles. The third-order valence-corrected chi connectivity index (χ3v) is 6.70. The standard InChI is InChI=1S/C24H33F2N3O5/c1-5-15(2)12-28-14-19-27(13-17-6-8-18(9-7-17)34-24(25)26)11-10-20(30)29(19)21(22(28)31)16(3)23(32)33-4/h6-9,15-16,19,21,24H,5,10-14H2,1-4H3. The van der Waals surface area contributed by atoms with E-state index in [0.29, 0.717) is 26.2 Å². The molecule has 0 spiro atoms. The van der Waals surface area contributed by atoms with E-state index in [9.17, 15) is 23.2 Å². The summed E-state index contributed by atoms with van der Waals surface area (Å²) in [5.41, 5.74) is 0.860. The van der Waals surface area contributed by atoms with Crippen LogP contribution >= 0.6 is 0 Å². The molecule has 1 aromatic carbocycles. The van der Waals surface area contributed by atoms with E-state index in [1.165, 1.54) is 19.2 Å². The van der Waals surface area contributed by atoms with Crippen molar-refractivity contribution in [3.05, 3.63) is 29.8 Å². The maximum absolute atomic E-state index is 13.5. The lowest BCUT2D eigenvalue weighted by atomic mass is 9.92. The van der Waals surface area contributed by atoms with E-state index in [0.717, 1.165) is 12.0 Å². The fourth-order valence-electron chi connectivity index (χ4n) is 4.63. The first kappa shape index (κ1) is 25.9. The molecule has 3 rings (SSSR count). The summed E-state index contributed by atoms with van der Waals surface area (Å²) in [6, 6.07) is 5.44. The normalized spacial score (nSPS) is 23.0. The molecule has 0 saturated carbocycles. The maximum atomic E-state index is 13.5. The SMILES string of the molecule is CCC(C)CN1CC2N(Cc3ccc(OC(F)F)cc3)CCC(=O)N2C(C(C)C(=O)OC)C1=O. The van der Waals surface area contributed by atoms with Crippen molar-refractivity contribution in [1.82, 2.24) is 14.7 Å². The van der Waals surface area contributed by atoms with Crippen LogP contribution in [0.3, 0.4) is 0 Å². The second kappa shape index (κ2) is 11.1. The molecule has 2 fully saturated rings. The van der Waals surface area contributed by atoms with E-state index < -0.39 is 30.7 Å². The largest absolute Gasteiger partial charge is 0.469 e. The number of hydrogen-bond donors (Lipinski definition) is 0. The average molecular weight is 482 g/mol. The summed E-state index contributed by atoms with van der Waals surface area (Å²) in [7, 11) is 1.27. The van der Waals surface area contributed by atoms with Gasteiger partial charge in [0.05, 0.1) is 19.6 Å². The minimum Gasteiger partial charge on any atom is -0.469 e. The number of ether oxygens (including phenoxy) is 2. The van der Waals surface area contributed by atoms with Gasteiger partial charge in [-0.25, -0.2) is 0 Å². The van der Waals surface area contributed by atoms with Crippen molar-refractivity contribution in [2.45, 2.75) is 59.0 Å². The van der Waals surface area contributed by atoms with Crippen LogP contribution in [0.25, 0.3) is 0 Å². The van der Waals surface area contributed by atoms with Crippen molar-refractivity contribution in [3.8, 4) is 5.75 Å². The van der Waals surface area contributed by atoms with Gasteiger partial charge < -0.3 is 19.3 Å². The summed E-state index contributed by atoms with van der Waals surface area (Å²) in [5, 5.41) is 0. The van der Waals surface area contributed by atoms with Crippen molar-refractivity contribution in [3.63, 3.8) is 0 Å². The summed E-state index contributed by atoms with van der Waals surface area (Å²) < 4.78 is 34.2. The minimum absolute atomic E-state index is 0.0733. The molecule has 2 saturated heterocycles. The predicted octanol–water partition coefficient (Wildman–Crippen LogP) is 2.71. The Hall–Kier alpha value is -2.75. The summed E-state index contributed by atoms with van der Waals surface area (Å²) in [4.78, 5) is 44.3. The Balaban J connectivity index is 1.88. The third kappa shape index (κ3) is 5.65. The van der Waals surface area contributed by atoms with Crippen molar-refractivity contribution < 1.29 is 32.6 Å². The molecular formula is C24H33F2N3O5. The highest BCUT2D eigenvalue weighted by Crippen LogP contribution is 2.31. The quantitative estimate of drug-likeness (QED) is 0.505. The molecular weight excluding hydrogens is 448 g/mol. The van der Waals surface area contributed by atoms with E-state index in [1.807, 2.05) is 0 Å². The van der Waals surface area contributed by atoms with E-state index in [-0.39, 0.29) is 29.9 Å². The van der Waals surface area contributed by atoms with Crippen molar-refractivity contribution >= 4 is 17.8 Å². The first-order valence-corrected chi connectivity index (χ1v) is 11.6. The second-order valence-corrected chi connectivity index (χ2v) is 9.04. The number of alkyl halides is 2. The van der Waals surface area contributed by atoms with Crippen molar-refractivity contribution in [2.24, 2.45) is 11.8 Å². The summed E-state index contributed by atoms with van der Waals surface area (Å²) >= 11 is 0. The number of carbonyl (C=O) groups excluding carboxylic acids is 3. The Bertz CT molecular complexity index is 882. The Morgan fingerprint density at radius 3 is 2.44 bits per heavy atom. The Kier molecular flexibility index (Phi) is 8.46. The first-order valence-electron chi connectivity index (χ1n) is 11.6. The number of benzene rings is 1. The van der Waals surface area contributed by atoms with Crippen LogP contribution in [-0.4, -0.2) is 78.0 Å². The Morgan fingerprint density at radius 1 is 1.18 bits per heavy atom. The number of fused-ring (bicyclic) bond motifs is 1. The van der Waals surface area contributed by atoms with Gasteiger partial charge in [-0.15, -0.1) is 0 Å². The second-order valence-electron chi connectivity index (χ2n) is 9.04. The number of rotatable bonds is 9. The van der Waals surface area contributed by atoms with Gasteiger partial charge in [0.25, 0.3) is 0 Å². The van der Waals surface area contributed by atoms with Crippen LogP contribution in [0.4, 0.5) is 8.78 Å². The van der Waals surface area contributed by atoms with Gasteiger partial charge >= 0.3 is 12.6 Å². The Morgan fingerprint density at radius 2 is 1.85 bits per heavy atom. The minimum atomic E-state index is -2.89. The third-order valence-electron chi connectivity index (χ3n) is 6.70. The summed E-state index contributed by atoms with van der Waals surface area (Å²) in [5.74, 6) is -1.42. The number of hydrogen-bond acceptors (Lipinski definition) is 6. The van der Waals surface area contributed by atoms with Crippen LogP contribution < -0.4 is 4.74 Å². The van der Waals surface area contributed by atoms with Crippen molar-refractivity contribution in [1.29, 1.82) is 0 Å². The van der Waals surface area contributed by atoms with Gasteiger partial charge in [-0.05, 0) is 30.5 Å². The molecule has 0 aliphatic carbocycles. The van der Waals surface area contributed by atoms with Crippen LogP contribution in [0, 0.1) is 11.8 Å². The van der Waals surface area contributed by atoms with Gasteiger partial charge in [0.1, 0.15) is 18.0 Å². The molecule has 4 atom stereocenters. The number of methoxy groups -OCH3 is 1. The number of piperazine rings is 1. The number of esters is 1. The fourth-order valence-corrected chi connectivity index (χ4v) is 4.63. The number of nitrogens with zero attached hydrogens (tertiary/aromatic N) is 3. The van der Waals surface area contributed by atoms with Gasteiger partial charge in [0.2, 0.25) is 11.8 Å². The molecule has 0 bridgehead atoms. The lowest BCUT2D eigenvalue weighted by Gasteiger charge is -2.53. The van der Waals surface area contributed by atoms with Crippen LogP contribution in [0.5, 0.6) is 5.75 Å².